The molecule has 0 radical (unpaired) electrons. The Hall–Kier alpha value is -2.67. The lowest BCUT2D eigenvalue weighted by Gasteiger charge is -2.34. The molecule has 25 heavy (non-hydrogen) atoms. The second-order valence-electron chi connectivity index (χ2n) is 6.06. The zero-order chi connectivity index (χ0) is 17.8. The lowest BCUT2D eigenvalue weighted by Crippen LogP contribution is -2.48. The number of carbonyl (C=O) groups excluding carboxylic acids is 1. The van der Waals surface area contributed by atoms with Gasteiger partial charge >= 0.3 is 0 Å². The van der Waals surface area contributed by atoms with Gasteiger partial charge in [-0.15, -0.1) is 0 Å². The Morgan fingerprint density at radius 1 is 1.20 bits per heavy atom. The van der Waals surface area contributed by atoms with Crippen molar-refractivity contribution in [1.82, 2.24) is 9.80 Å². The van der Waals surface area contributed by atoms with Crippen LogP contribution in [-0.4, -0.2) is 47.0 Å². The minimum atomic E-state index is -0.467. The Morgan fingerprint density at radius 2 is 1.96 bits per heavy atom. The molecular weight excluding hydrogens is 327 g/mol. The first-order chi connectivity index (χ1) is 12.0. The van der Waals surface area contributed by atoms with Crippen LogP contribution in [-0.2, 0) is 17.8 Å². The minimum absolute atomic E-state index is 0.0265. The Bertz CT molecular complexity index is 813. The molecule has 0 aliphatic carbocycles. The minimum Gasteiger partial charge on any atom is -0.502 e. The summed E-state index contributed by atoms with van der Waals surface area (Å²) in [7, 11) is 0. The molecule has 0 bridgehead atoms. The molecule has 1 saturated heterocycles. The van der Waals surface area contributed by atoms with Crippen molar-refractivity contribution in [2.75, 3.05) is 26.2 Å². The number of hydrogen-bond donors (Lipinski definition) is 1. The molecule has 1 fully saturated rings. The van der Waals surface area contributed by atoms with Crippen LogP contribution in [0.2, 0.25) is 0 Å². The monoisotopic (exact) mass is 346 g/mol. The van der Waals surface area contributed by atoms with Crippen LogP contribution in [0.25, 0.3) is 0 Å². The molecule has 1 N–H and O–H groups in total. The number of halogens is 1. The molecule has 2 heterocycles. The van der Waals surface area contributed by atoms with Gasteiger partial charge in [-0.3, -0.25) is 14.5 Å². The standard InChI is InChI=1S/C18H19FN2O4/c19-14-3-1-2-13(8-14)9-18(24)21-6-4-20(5-7-21)11-15-10-16(22)17(23)12-25-15/h1-3,8,10,12,23H,4-7,9,11H2. The van der Waals surface area contributed by atoms with Crippen LogP contribution in [0.3, 0.4) is 0 Å². The fraction of sp³-hybridized carbons (Fsp3) is 0.333. The molecule has 2 aromatic rings. The zero-order valence-corrected chi connectivity index (χ0v) is 13.7. The molecule has 132 valence electrons. The molecular formula is C18H19FN2O4. The molecule has 0 saturated carbocycles. The molecule has 6 nitrogen and oxygen atoms in total. The number of carbonyl (C=O) groups is 1. The van der Waals surface area contributed by atoms with E-state index in [9.17, 15) is 19.1 Å². The normalized spacial score (nSPS) is 15.3. The molecule has 0 unspecified atom stereocenters. The first-order valence-corrected chi connectivity index (χ1v) is 8.06. The Kier molecular flexibility index (Phi) is 5.14. The summed E-state index contributed by atoms with van der Waals surface area (Å²) in [6.45, 7) is 2.88. The first-order valence-electron chi connectivity index (χ1n) is 8.06. The molecule has 1 aromatic carbocycles. The van der Waals surface area contributed by atoms with Crippen LogP contribution in [0, 0.1) is 5.82 Å². The second-order valence-corrected chi connectivity index (χ2v) is 6.06. The van der Waals surface area contributed by atoms with Gasteiger partial charge in [-0.25, -0.2) is 4.39 Å². The van der Waals surface area contributed by atoms with Crippen molar-refractivity contribution in [3.63, 3.8) is 0 Å². The predicted octanol–water partition coefficient (Wildman–Crippen LogP) is 1.37. The van der Waals surface area contributed by atoms with E-state index in [0.29, 0.717) is 44.0 Å². The summed E-state index contributed by atoms with van der Waals surface area (Å²) in [5, 5.41) is 9.20. The number of piperazine rings is 1. The van der Waals surface area contributed by atoms with Crippen LogP contribution in [0.4, 0.5) is 4.39 Å². The van der Waals surface area contributed by atoms with Gasteiger partial charge in [0.25, 0.3) is 0 Å². The van der Waals surface area contributed by atoms with E-state index >= 15 is 0 Å². The molecule has 1 aromatic heterocycles. The summed E-state index contributed by atoms with van der Waals surface area (Å²) in [4.78, 5) is 27.6. The van der Waals surface area contributed by atoms with E-state index in [4.69, 9.17) is 4.42 Å². The smallest absolute Gasteiger partial charge is 0.227 e. The summed E-state index contributed by atoms with van der Waals surface area (Å²) >= 11 is 0. The van der Waals surface area contributed by atoms with E-state index in [1.807, 2.05) is 0 Å². The van der Waals surface area contributed by atoms with Gasteiger partial charge in [0, 0.05) is 32.2 Å². The van der Waals surface area contributed by atoms with Crippen LogP contribution >= 0.6 is 0 Å². The number of rotatable bonds is 4. The van der Waals surface area contributed by atoms with E-state index in [1.54, 1.807) is 17.0 Å². The highest BCUT2D eigenvalue weighted by molar-refractivity contribution is 5.78. The summed E-state index contributed by atoms with van der Waals surface area (Å²) in [6.07, 6.45) is 1.22. The predicted molar refractivity (Wildman–Crippen MR) is 88.6 cm³/mol. The maximum absolute atomic E-state index is 13.2. The van der Waals surface area contributed by atoms with E-state index < -0.39 is 11.2 Å². The number of amides is 1. The Labute approximate surface area is 144 Å². The van der Waals surface area contributed by atoms with Crippen LogP contribution in [0.15, 0.2) is 45.8 Å². The average Bonchev–Trinajstić information content (AvgIpc) is 2.59. The van der Waals surface area contributed by atoms with Crippen molar-refractivity contribution < 1.29 is 18.7 Å². The summed E-state index contributed by atoms with van der Waals surface area (Å²) in [6, 6.07) is 7.34. The SMILES string of the molecule is O=C(Cc1cccc(F)c1)N1CCN(Cc2cc(=O)c(O)co2)CC1. The molecule has 3 rings (SSSR count). The van der Waals surface area contributed by atoms with Gasteiger partial charge < -0.3 is 14.4 Å². The van der Waals surface area contributed by atoms with Crippen molar-refractivity contribution >= 4 is 5.91 Å². The van der Waals surface area contributed by atoms with Gasteiger partial charge in [0.15, 0.2) is 5.75 Å². The largest absolute Gasteiger partial charge is 0.502 e. The van der Waals surface area contributed by atoms with Crippen molar-refractivity contribution in [3.05, 3.63) is 64.0 Å². The highest BCUT2D eigenvalue weighted by atomic mass is 19.1. The van der Waals surface area contributed by atoms with E-state index in [1.165, 1.54) is 18.2 Å². The van der Waals surface area contributed by atoms with Crippen molar-refractivity contribution in [3.8, 4) is 5.75 Å². The first kappa shape index (κ1) is 17.2. The van der Waals surface area contributed by atoms with Gasteiger partial charge in [-0.2, -0.15) is 0 Å². The van der Waals surface area contributed by atoms with Gasteiger partial charge in [0.2, 0.25) is 11.3 Å². The lowest BCUT2D eigenvalue weighted by atomic mass is 10.1. The number of aromatic hydroxyl groups is 1. The van der Waals surface area contributed by atoms with Crippen molar-refractivity contribution in [1.29, 1.82) is 0 Å². The van der Waals surface area contributed by atoms with Crippen LogP contribution in [0.5, 0.6) is 5.75 Å². The topological polar surface area (TPSA) is 74.0 Å². The summed E-state index contributed by atoms with van der Waals surface area (Å²) in [5.41, 5.74) is 0.198. The Morgan fingerprint density at radius 3 is 2.64 bits per heavy atom. The van der Waals surface area contributed by atoms with Crippen LogP contribution < -0.4 is 5.43 Å². The maximum Gasteiger partial charge on any atom is 0.227 e. The van der Waals surface area contributed by atoms with E-state index in [-0.39, 0.29) is 18.1 Å². The maximum atomic E-state index is 13.2. The summed E-state index contributed by atoms with van der Waals surface area (Å²) in [5.74, 6) is -0.300. The second kappa shape index (κ2) is 7.48. The molecule has 1 aliphatic rings. The van der Waals surface area contributed by atoms with Gasteiger partial charge in [-0.05, 0) is 17.7 Å². The van der Waals surface area contributed by atoms with Gasteiger partial charge in [-0.1, -0.05) is 12.1 Å². The Balaban J connectivity index is 1.51. The fourth-order valence-corrected chi connectivity index (χ4v) is 2.84. The lowest BCUT2D eigenvalue weighted by molar-refractivity contribution is -0.132. The van der Waals surface area contributed by atoms with Crippen molar-refractivity contribution in [2.24, 2.45) is 0 Å². The van der Waals surface area contributed by atoms with Crippen LogP contribution in [0.1, 0.15) is 11.3 Å². The van der Waals surface area contributed by atoms with E-state index in [0.717, 1.165) is 6.26 Å². The number of hydrogen-bond acceptors (Lipinski definition) is 5. The molecule has 1 aliphatic heterocycles. The molecule has 7 heteroatoms. The average molecular weight is 346 g/mol. The zero-order valence-electron chi connectivity index (χ0n) is 13.7. The third-order valence-electron chi connectivity index (χ3n) is 4.22. The third kappa shape index (κ3) is 4.45. The highest BCUT2D eigenvalue weighted by Gasteiger charge is 2.22. The molecule has 1 amide bonds. The number of benzene rings is 1. The van der Waals surface area contributed by atoms with Crippen molar-refractivity contribution in [2.45, 2.75) is 13.0 Å². The quantitative estimate of drug-likeness (QED) is 0.905. The third-order valence-corrected chi connectivity index (χ3v) is 4.22. The molecule has 0 spiro atoms. The highest BCUT2D eigenvalue weighted by Crippen LogP contribution is 2.12. The van der Waals surface area contributed by atoms with Gasteiger partial charge in [0.1, 0.15) is 17.8 Å². The molecule has 0 atom stereocenters. The summed E-state index contributed by atoms with van der Waals surface area (Å²) < 4.78 is 18.4. The van der Waals surface area contributed by atoms with Gasteiger partial charge in [0.05, 0.1) is 13.0 Å². The van der Waals surface area contributed by atoms with E-state index in [2.05, 4.69) is 4.90 Å². The number of nitrogens with zero attached hydrogens (tertiary/aromatic N) is 2. The fourth-order valence-electron chi connectivity index (χ4n) is 2.84.